The Morgan fingerprint density at radius 2 is 2.12 bits per heavy atom. The van der Waals surface area contributed by atoms with Crippen LogP contribution >= 0.6 is 0 Å². The summed E-state index contributed by atoms with van der Waals surface area (Å²) in [5, 5.41) is 9.06. The van der Waals surface area contributed by atoms with Crippen LogP contribution in [0.2, 0.25) is 0 Å². The number of methoxy groups -OCH3 is 1. The van der Waals surface area contributed by atoms with Crippen molar-refractivity contribution in [3.05, 3.63) is 35.9 Å². The molecule has 0 fully saturated rings. The standard InChI is InChI=1S/C13H15NO3/c1-3-10-13(14-12(8-15)17-10)9-6-4-5-7-11(9)16-2/h4-7,15H,3,8H2,1-2H3. The number of hydrogen-bond acceptors (Lipinski definition) is 4. The predicted molar refractivity (Wildman–Crippen MR) is 63.8 cm³/mol. The first-order chi connectivity index (χ1) is 8.30. The number of para-hydroxylation sites is 1. The number of aliphatic hydroxyl groups is 1. The fourth-order valence-electron chi connectivity index (χ4n) is 1.76. The second kappa shape index (κ2) is 5.01. The summed E-state index contributed by atoms with van der Waals surface area (Å²) in [5.74, 6) is 1.85. The van der Waals surface area contributed by atoms with Crippen molar-refractivity contribution in [2.45, 2.75) is 20.0 Å². The van der Waals surface area contributed by atoms with Gasteiger partial charge in [0.05, 0.1) is 7.11 Å². The van der Waals surface area contributed by atoms with Gasteiger partial charge < -0.3 is 14.3 Å². The number of ether oxygens (including phenoxy) is 1. The van der Waals surface area contributed by atoms with Crippen molar-refractivity contribution < 1.29 is 14.3 Å². The van der Waals surface area contributed by atoms with Crippen LogP contribution in [0.4, 0.5) is 0 Å². The molecule has 1 aromatic heterocycles. The van der Waals surface area contributed by atoms with Crippen LogP contribution < -0.4 is 4.74 Å². The fourth-order valence-corrected chi connectivity index (χ4v) is 1.76. The van der Waals surface area contributed by atoms with E-state index in [1.54, 1.807) is 7.11 Å². The lowest BCUT2D eigenvalue weighted by atomic mass is 10.1. The first-order valence-electron chi connectivity index (χ1n) is 5.53. The number of nitrogens with zero attached hydrogens (tertiary/aromatic N) is 1. The van der Waals surface area contributed by atoms with E-state index in [1.807, 2.05) is 31.2 Å². The third-order valence-electron chi connectivity index (χ3n) is 2.56. The summed E-state index contributed by atoms with van der Waals surface area (Å²) >= 11 is 0. The van der Waals surface area contributed by atoms with Crippen LogP contribution in [-0.2, 0) is 13.0 Å². The number of oxazole rings is 1. The van der Waals surface area contributed by atoms with Crippen LogP contribution in [0.25, 0.3) is 11.3 Å². The Morgan fingerprint density at radius 3 is 2.76 bits per heavy atom. The monoisotopic (exact) mass is 233 g/mol. The summed E-state index contributed by atoms with van der Waals surface area (Å²) in [7, 11) is 1.62. The highest BCUT2D eigenvalue weighted by atomic mass is 16.5. The zero-order valence-electron chi connectivity index (χ0n) is 9.93. The van der Waals surface area contributed by atoms with Gasteiger partial charge in [-0.05, 0) is 12.1 Å². The molecule has 0 unspecified atom stereocenters. The second-order valence-corrected chi connectivity index (χ2v) is 3.59. The maximum atomic E-state index is 9.06. The number of benzene rings is 1. The Morgan fingerprint density at radius 1 is 1.35 bits per heavy atom. The van der Waals surface area contributed by atoms with E-state index in [0.29, 0.717) is 5.89 Å². The van der Waals surface area contributed by atoms with E-state index < -0.39 is 0 Å². The van der Waals surface area contributed by atoms with E-state index >= 15 is 0 Å². The fraction of sp³-hybridized carbons (Fsp3) is 0.308. The van der Waals surface area contributed by atoms with Gasteiger partial charge in [0.25, 0.3) is 0 Å². The van der Waals surface area contributed by atoms with Crippen molar-refractivity contribution in [3.63, 3.8) is 0 Å². The van der Waals surface area contributed by atoms with Crippen LogP contribution in [0, 0.1) is 0 Å². The molecular weight excluding hydrogens is 218 g/mol. The Balaban J connectivity index is 2.54. The molecule has 0 aliphatic rings. The maximum Gasteiger partial charge on any atom is 0.220 e. The van der Waals surface area contributed by atoms with Gasteiger partial charge in [0.1, 0.15) is 23.8 Å². The molecule has 90 valence electrons. The van der Waals surface area contributed by atoms with Gasteiger partial charge in [0, 0.05) is 12.0 Å². The highest BCUT2D eigenvalue weighted by Gasteiger charge is 2.16. The molecule has 1 heterocycles. The lowest BCUT2D eigenvalue weighted by Gasteiger charge is -2.05. The molecule has 0 amide bonds. The predicted octanol–water partition coefficient (Wildman–Crippen LogP) is 2.40. The van der Waals surface area contributed by atoms with E-state index in [-0.39, 0.29) is 6.61 Å². The molecule has 0 radical (unpaired) electrons. The van der Waals surface area contributed by atoms with Gasteiger partial charge >= 0.3 is 0 Å². The van der Waals surface area contributed by atoms with E-state index in [0.717, 1.165) is 29.2 Å². The summed E-state index contributed by atoms with van der Waals surface area (Å²) in [6.07, 6.45) is 0.723. The van der Waals surface area contributed by atoms with Crippen molar-refractivity contribution >= 4 is 0 Å². The number of aromatic nitrogens is 1. The molecule has 0 spiro atoms. The van der Waals surface area contributed by atoms with Gasteiger partial charge in [-0.25, -0.2) is 4.98 Å². The van der Waals surface area contributed by atoms with Crippen LogP contribution in [0.5, 0.6) is 5.75 Å². The van der Waals surface area contributed by atoms with Crippen molar-refractivity contribution in [2.24, 2.45) is 0 Å². The summed E-state index contributed by atoms with van der Waals surface area (Å²) in [5.41, 5.74) is 1.63. The van der Waals surface area contributed by atoms with E-state index in [9.17, 15) is 0 Å². The summed E-state index contributed by atoms with van der Waals surface area (Å²) in [6.45, 7) is 1.79. The minimum Gasteiger partial charge on any atom is -0.496 e. The van der Waals surface area contributed by atoms with Gasteiger partial charge in [-0.15, -0.1) is 0 Å². The lowest BCUT2D eigenvalue weighted by molar-refractivity contribution is 0.237. The Bertz CT molecular complexity index is 505. The molecule has 0 atom stereocenters. The van der Waals surface area contributed by atoms with Crippen molar-refractivity contribution in [1.29, 1.82) is 0 Å². The first kappa shape index (κ1) is 11.7. The topological polar surface area (TPSA) is 55.5 Å². The van der Waals surface area contributed by atoms with Crippen molar-refractivity contribution in [3.8, 4) is 17.0 Å². The number of rotatable bonds is 4. The third kappa shape index (κ3) is 2.17. The first-order valence-corrected chi connectivity index (χ1v) is 5.53. The lowest BCUT2D eigenvalue weighted by Crippen LogP contribution is -1.90. The van der Waals surface area contributed by atoms with Gasteiger partial charge in [-0.3, -0.25) is 0 Å². The van der Waals surface area contributed by atoms with Crippen LogP contribution in [0.15, 0.2) is 28.7 Å². The zero-order chi connectivity index (χ0) is 12.3. The van der Waals surface area contributed by atoms with Crippen LogP contribution in [0.3, 0.4) is 0 Å². The molecule has 1 aromatic carbocycles. The molecule has 0 bridgehead atoms. The van der Waals surface area contributed by atoms with Crippen molar-refractivity contribution in [1.82, 2.24) is 4.98 Å². The molecule has 17 heavy (non-hydrogen) atoms. The number of hydrogen-bond donors (Lipinski definition) is 1. The Kier molecular flexibility index (Phi) is 3.44. The molecule has 0 aliphatic heterocycles. The molecular formula is C13H15NO3. The molecule has 4 heteroatoms. The van der Waals surface area contributed by atoms with Gasteiger partial charge in [0.2, 0.25) is 5.89 Å². The molecule has 2 aromatic rings. The summed E-state index contributed by atoms with van der Waals surface area (Å²) in [4.78, 5) is 4.28. The van der Waals surface area contributed by atoms with E-state index in [2.05, 4.69) is 4.98 Å². The average molecular weight is 233 g/mol. The SMILES string of the molecule is CCc1oc(CO)nc1-c1ccccc1OC. The van der Waals surface area contributed by atoms with Gasteiger partial charge in [-0.1, -0.05) is 19.1 Å². The highest BCUT2D eigenvalue weighted by Crippen LogP contribution is 2.32. The minimum atomic E-state index is -0.192. The van der Waals surface area contributed by atoms with Gasteiger partial charge in [-0.2, -0.15) is 0 Å². The molecule has 2 rings (SSSR count). The maximum absolute atomic E-state index is 9.06. The molecule has 4 nitrogen and oxygen atoms in total. The highest BCUT2D eigenvalue weighted by molar-refractivity contribution is 5.68. The molecule has 0 saturated heterocycles. The van der Waals surface area contributed by atoms with Crippen LogP contribution in [-0.4, -0.2) is 17.2 Å². The van der Waals surface area contributed by atoms with E-state index in [1.165, 1.54) is 0 Å². The summed E-state index contributed by atoms with van der Waals surface area (Å²) in [6, 6.07) is 7.63. The average Bonchev–Trinajstić information content (AvgIpc) is 2.81. The Hall–Kier alpha value is -1.81. The molecule has 0 aliphatic carbocycles. The number of aryl methyl sites for hydroxylation is 1. The molecule has 0 saturated carbocycles. The quantitative estimate of drug-likeness (QED) is 0.881. The zero-order valence-corrected chi connectivity index (χ0v) is 9.93. The van der Waals surface area contributed by atoms with Crippen LogP contribution in [0.1, 0.15) is 18.6 Å². The largest absolute Gasteiger partial charge is 0.496 e. The van der Waals surface area contributed by atoms with E-state index in [4.69, 9.17) is 14.3 Å². The summed E-state index contributed by atoms with van der Waals surface area (Å²) < 4.78 is 10.7. The van der Waals surface area contributed by atoms with Crippen molar-refractivity contribution in [2.75, 3.05) is 7.11 Å². The Labute approximate surface area is 99.9 Å². The molecule has 1 N–H and O–H groups in total. The number of aliphatic hydroxyl groups excluding tert-OH is 1. The third-order valence-corrected chi connectivity index (χ3v) is 2.56. The second-order valence-electron chi connectivity index (χ2n) is 3.59. The van der Waals surface area contributed by atoms with Gasteiger partial charge in [0.15, 0.2) is 0 Å². The normalized spacial score (nSPS) is 10.5. The smallest absolute Gasteiger partial charge is 0.220 e. The minimum absolute atomic E-state index is 0.192.